The first kappa shape index (κ1) is 17.5. The first-order valence-electron chi connectivity index (χ1n) is 6.64. The van der Waals surface area contributed by atoms with E-state index < -0.39 is 9.84 Å². The minimum Gasteiger partial charge on any atom is -0.409 e. The van der Waals surface area contributed by atoms with E-state index in [0.717, 1.165) is 12.0 Å². The van der Waals surface area contributed by atoms with Gasteiger partial charge in [0.25, 0.3) is 0 Å². The van der Waals surface area contributed by atoms with E-state index in [0.29, 0.717) is 18.0 Å². The Balaban J connectivity index is 2.47. The molecule has 0 saturated carbocycles. The molecule has 0 aliphatic heterocycles. The van der Waals surface area contributed by atoms with E-state index in [9.17, 15) is 8.42 Å². The quantitative estimate of drug-likeness (QED) is 0.232. The number of hydrogen-bond acceptors (Lipinski definition) is 5. The lowest BCUT2D eigenvalue weighted by atomic mass is 9.88. The van der Waals surface area contributed by atoms with Crippen LogP contribution in [0.5, 0.6) is 0 Å². The number of nitrogens with two attached hydrogens (primary N) is 1. The molecule has 4 N–H and O–H groups in total. The molecule has 0 spiro atoms. The summed E-state index contributed by atoms with van der Waals surface area (Å²) in [5.74, 6) is 0.210. The first-order valence-corrected chi connectivity index (χ1v) is 8.53. The van der Waals surface area contributed by atoms with Gasteiger partial charge < -0.3 is 16.3 Å². The van der Waals surface area contributed by atoms with Crippen LogP contribution in [0.2, 0.25) is 0 Å². The molecule has 0 unspecified atom stereocenters. The molecule has 1 aromatic rings. The molecule has 7 heteroatoms. The second-order valence-corrected chi connectivity index (χ2v) is 7.73. The molecule has 118 valence electrons. The van der Waals surface area contributed by atoms with Gasteiger partial charge in [0.1, 0.15) is 5.84 Å². The molecule has 0 aromatic heterocycles. The van der Waals surface area contributed by atoms with Gasteiger partial charge >= 0.3 is 0 Å². The smallest absolute Gasteiger partial charge is 0.175 e. The lowest BCUT2D eigenvalue weighted by Crippen LogP contribution is -2.34. The molecule has 0 amide bonds. The third kappa shape index (κ3) is 5.35. The molecule has 0 heterocycles. The summed E-state index contributed by atoms with van der Waals surface area (Å²) in [4.78, 5) is 0.319. The van der Waals surface area contributed by atoms with Gasteiger partial charge in [-0.1, -0.05) is 31.1 Å². The monoisotopic (exact) mass is 313 g/mol. The molecule has 6 nitrogen and oxygen atoms in total. The molecular formula is C14H23N3O3S. The third-order valence-corrected chi connectivity index (χ3v) is 4.54. The van der Waals surface area contributed by atoms with Crippen LogP contribution in [0.15, 0.2) is 34.3 Å². The maximum absolute atomic E-state index is 11.3. The van der Waals surface area contributed by atoms with E-state index >= 15 is 0 Å². The largest absolute Gasteiger partial charge is 0.409 e. The number of nitrogens with one attached hydrogen (secondary N) is 1. The van der Waals surface area contributed by atoms with Gasteiger partial charge in [-0.3, -0.25) is 0 Å². The van der Waals surface area contributed by atoms with Crippen molar-refractivity contribution in [3.05, 3.63) is 29.8 Å². The van der Waals surface area contributed by atoms with Crippen molar-refractivity contribution < 1.29 is 13.6 Å². The summed E-state index contributed by atoms with van der Waals surface area (Å²) in [5.41, 5.74) is 6.25. The zero-order valence-electron chi connectivity index (χ0n) is 12.6. The van der Waals surface area contributed by atoms with Crippen molar-refractivity contribution in [3.8, 4) is 0 Å². The Bertz CT molecular complexity index is 592. The van der Waals surface area contributed by atoms with Crippen LogP contribution in [0.3, 0.4) is 0 Å². The standard InChI is InChI=1S/C14H23N3O3S/c1-14(2,13(15)17-18)8-9-16-10-11-4-6-12(7-5-11)21(3,19)20/h4-7,16,18H,8-10H2,1-3H3,(H2,15,17). The average molecular weight is 313 g/mol. The molecule has 0 radical (unpaired) electrons. The number of rotatable bonds is 7. The summed E-state index contributed by atoms with van der Waals surface area (Å²) in [5, 5.41) is 15.0. The molecular weight excluding hydrogens is 290 g/mol. The second-order valence-electron chi connectivity index (χ2n) is 5.71. The van der Waals surface area contributed by atoms with Crippen LogP contribution in [0, 0.1) is 5.41 Å². The van der Waals surface area contributed by atoms with Crippen LogP contribution in [0.4, 0.5) is 0 Å². The maximum atomic E-state index is 11.3. The Kier molecular flexibility index (Phi) is 5.74. The summed E-state index contributed by atoms with van der Waals surface area (Å²) in [7, 11) is -3.15. The molecule has 0 atom stereocenters. The predicted octanol–water partition coefficient (Wildman–Crippen LogP) is 1.34. The van der Waals surface area contributed by atoms with Crippen molar-refractivity contribution >= 4 is 15.7 Å². The summed E-state index contributed by atoms with van der Waals surface area (Å²) >= 11 is 0. The number of benzene rings is 1. The van der Waals surface area contributed by atoms with Gasteiger partial charge in [-0.2, -0.15) is 0 Å². The molecule has 0 aliphatic rings. The van der Waals surface area contributed by atoms with Gasteiger partial charge in [-0.25, -0.2) is 8.42 Å². The average Bonchev–Trinajstić information content (AvgIpc) is 2.42. The van der Waals surface area contributed by atoms with Crippen molar-refractivity contribution in [2.24, 2.45) is 16.3 Å². The lowest BCUT2D eigenvalue weighted by Gasteiger charge is -2.22. The highest BCUT2D eigenvalue weighted by molar-refractivity contribution is 7.90. The Morgan fingerprint density at radius 2 is 1.90 bits per heavy atom. The zero-order chi connectivity index (χ0) is 16.1. The number of nitrogens with zero attached hydrogens (tertiary/aromatic N) is 1. The lowest BCUT2D eigenvalue weighted by molar-refractivity contribution is 0.305. The van der Waals surface area contributed by atoms with Gasteiger partial charge in [0.05, 0.1) is 4.90 Å². The van der Waals surface area contributed by atoms with Crippen molar-refractivity contribution in [2.45, 2.75) is 31.7 Å². The van der Waals surface area contributed by atoms with Gasteiger partial charge in [-0.15, -0.1) is 0 Å². The minimum atomic E-state index is -3.15. The molecule has 1 rings (SSSR count). The fourth-order valence-electron chi connectivity index (χ4n) is 1.75. The fourth-order valence-corrected chi connectivity index (χ4v) is 2.38. The topological polar surface area (TPSA) is 105 Å². The van der Waals surface area contributed by atoms with Crippen molar-refractivity contribution in [1.29, 1.82) is 0 Å². The number of sulfone groups is 1. The maximum Gasteiger partial charge on any atom is 0.175 e. The second kappa shape index (κ2) is 6.91. The van der Waals surface area contributed by atoms with Crippen LogP contribution >= 0.6 is 0 Å². The highest BCUT2D eigenvalue weighted by Crippen LogP contribution is 2.19. The van der Waals surface area contributed by atoms with E-state index in [1.165, 1.54) is 6.26 Å². The van der Waals surface area contributed by atoms with Crippen LogP contribution in [0.1, 0.15) is 25.8 Å². The van der Waals surface area contributed by atoms with E-state index in [-0.39, 0.29) is 11.3 Å². The van der Waals surface area contributed by atoms with E-state index in [4.69, 9.17) is 10.9 Å². The van der Waals surface area contributed by atoms with Gasteiger partial charge in [0, 0.05) is 18.2 Å². The summed E-state index contributed by atoms with van der Waals surface area (Å²) < 4.78 is 22.7. The Labute approximate surface area is 126 Å². The molecule has 1 aromatic carbocycles. The van der Waals surface area contributed by atoms with Crippen LogP contribution in [0.25, 0.3) is 0 Å². The van der Waals surface area contributed by atoms with Crippen molar-refractivity contribution in [1.82, 2.24) is 5.32 Å². The Morgan fingerprint density at radius 1 is 1.33 bits per heavy atom. The number of hydrogen-bond donors (Lipinski definition) is 3. The molecule has 21 heavy (non-hydrogen) atoms. The highest BCUT2D eigenvalue weighted by atomic mass is 32.2. The fraction of sp³-hybridized carbons (Fsp3) is 0.500. The molecule has 0 bridgehead atoms. The number of oxime groups is 1. The number of amidine groups is 1. The third-order valence-electron chi connectivity index (χ3n) is 3.41. The minimum absolute atomic E-state index is 0.210. The van der Waals surface area contributed by atoms with Crippen LogP contribution < -0.4 is 11.1 Å². The van der Waals surface area contributed by atoms with E-state index in [2.05, 4.69) is 10.5 Å². The molecule has 0 fully saturated rings. The Hall–Kier alpha value is -1.60. The predicted molar refractivity (Wildman–Crippen MR) is 83.1 cm³/mol. The summed E-state index contributed by atoms with van der Waals surface area (Å²) in [6.45, 7) is 5.16. The van der Waals surface area contributed by atoms with Gasteiger partial charge in [0.15, 0.2) is 9.84 Å². The van der Waals surface area contributed by atoms with Gasteiger partial charge in [0.2, 0.25) is 0 Å². The first-order chi connectivity index (χ1) is 9.66. The Morgan fingerprint density at radius 3 is 2.38 bits per heavy atom. The van der Waals surface area contributed by atoms with E-state index in [1.54, 1.807) is 24.3 Å². The van der Waals surface area contributed by atoms with Crippen molar-refractivity contribution in [3.63, 3.8) is 0 Å². The highest BCUT2D eigenvalue weighted by Gasteiger charge is 2.22. The van der Waals surface area contributed by atoms with Crippen LogP contribution in [-0.2, 0) is 16.4 Å². The summed E-state index contributed by atoms with van der Waals surface area (Å²) in [6.07, 6.45) is 1.92. The van der Waals surface area contributed by atoms with E-state index in [1.807, 2.05) is 13.8 Å². The molecule has 0 saturated heterocycles. The normalized spacial score (nSPS) is 13.4. The van der Waals surface area contributed by atoms with Crippen LogP contribution in [-0.4, -0.2) is 32.3 Å². The van der Waals surface area contributed by atoms with Crippen molar-refractivity contribution in [2.75, 3.05) is 12.8 Å². The summed E-state index contributed by atoms with van der Waals surface area (Å²) in [6, 6.07) is 6.79. The van der Waals surface area contributed by atoms with Gasteiger partial charge in [-0.05, 0) is 30.7 Å². The molecule has 0 aliphatic carbocycles. The SMILES string of the molecule is CC(C)(CCNCc1ccc(S(C)(=O)=O)cc1)C(N)=NO. The zero-order valence-corrected chi connectivity index (χ0v) is 13.4.